The number of nitrogens with zero attached hydrogens (tertiary/aromatic N) is 3. The summed E-state index contributed by atoms with van der Waals surface area (Å²) < 4.78 is 0. The minimum Gasteiger partial charge on any atom is -0.369 e. The van der Waals surface area contributed by atoms with Gasteiger partial charge in [0.2, 0.25) is 0 Å². The van der Waals surface area contributed by atoms with E-state index in [-0.39, 0.29) is 6.04 Å². The Morgan fingerprint density at radius 2 is 2.25 bits per heavy atom. The van der Waals surface area contributed by atoms with Gasteiger partial charge in [-0.05, 0) is 25.0 Å². The first kappa shape index (κ1) is 11.7. The van der Waals surface area contributed by atoms with Crippen molar-refractivity contribution < 1.29 is 0 Å². The van der Waals surface area contributed by atoms with E-state index in [2.05, 4.69) is 25.9 Å². The number of rotatable bonds is 1. The number of pyridine rings is 2. The Hall–Kier alpha value is -2.14. The Labute approximate surface area is 116 Å². The van der Waals surface area contributed by atoms with E-state index >= 15 is 0 Å². The predicted octanol–water partition coefficient (Wildman–Crippen LogP) is 2.04. The van der Waals surface area contributed by atoms with Gasteiger partial charge in [-0.1, -0.05) is 0 Å². The largest absolute Gasteiger partial charge is 0.369 e. The van der Waals surface area contributed by atoms with Gasteiger partial charge in [-0.15, -0.1) is 0 Å². The van der Waals surface area contributed by atoms with Crippen molar-refractivity contribution in [2.24, 2.45) is 5.73 Å². The number of nitrogens with two attached hydrogens (primary N) is 1. The third kappa shape index (κ3) is 1.74. The summed E-state index contributed by atoms with van der Waals surface area (Å²) in [5, 5.41) is 2.30. The summed E-state index contributed by atoms with van der Waals surface area (Å²) in [4.78, 5) is 14.3. The Kier molecular flexibility index (Phi) is 2.60. The van der Waals surface area contributed by atoms with Crippen LogP contribution in [-0.4, -0.2) is 34.1 Å². The molecule has 4 heterocycles. The zero-order chi connectivity index (χ0) is 13.5. The summed E-state index contributed by atoms with van der Waals surface area (Å²) in [5.74, 6) is 0. The number of hydrogen-bond acceptors (Lipinski definition) is 4. The minimum atomic E-state index is 0.262. The molecule has 3 N–H and O–H groups in total. The zero-order valence-corrected chi connectivity index (χ0v) is 11.2. The Morgan fingerprint density at radius 1 is 1.30 bits per heavy atom. The lowest BCUT2D eigenvalue weighted by Gasteiger charge is -2.33. The van der Waals surface area contributed by atoms with E-state index < -0.39 is 0 Å². The fraction of sp³-hybridized carbons (Fsp3) is 0.333. The minimum absolute atomic E-state index is 0.262. The van der Waals surface area contributed by atoms with E-state index in [1.807, 2.05) is 24.7 Å². The summed E-state index contributed by atoms with van der Waals surface area (Å²) in [6.45, 7) is 1.97. The average Bonchev–Trinajstić information content (AvgIpc) is 2.95. The number of hydrogen-bond donors (Lipinski definition) is 2. The molecule has 1 aliphatic heterocycles. The normalized spacial score (nSPS) is 19.9. The molecule has 5 nitrogen and oxygen atoms in total. The van der Waals surface area contributed by atoms with Crippen LogP contribution in [0.1, 0.15) is 12.8 Å². The van der Waals surface area contributed by atoms with Gasteiger partial charge in [-0.25, -0.2) is 9.97 Å². The van der Waals surface area contributed by atoms with Gasteiger partial charge in [0, 0.05) is 48.0 Å². The lowest BCUT2D eigenvalue weighted by Crippen LogP contribution is -2.42. The Morgan fingerprint density at radius 3 is 3.15 bits per heavy atom. The van der Waals surface area contributed by atoms with Crippen molar-refractivity contribution in [3.8, 4) is 0 Å². The molecule has 1 atom stereocenters. The van der Waals surface area contributed by atoms with E-state index in [9.17, 15) is 0 Å². The first-order valence-corrected chi connectivity index (χ1v) is 7.04. The molecule has 0 aromatic carbocycles. The van der Waals surface area contributed by atoms with E-state index in [1.54, 1.807) is 0 Å². The number of aromatic nitrogens is 3. The highest BCUT2D eigenvalue weighted by molar-refractivity contribution is 6.09. The van der Waals surface area contributed by atoms with E-state index in [0.717, 1.165) is 42.5 Å². The van der Waals surface area contributed by atoms with Gasteiger partial charge in [-0.3, -0.25) is 0 Å². The first-order chi connectivity index (χ1) is 9.83. The number of anilines is 1. The molecule has 20 heavy (non-hydrogen) atoms. The predicted molar refractivity (Wildman–Crippen MR) is 80.8 cm³/mol. The smallest absolute Gasteiger partial charge is 0.159 e. The molecule has 1 saturated heterocycles. The van der Waals surface area contributed by atoms with Crippen LogP contribution in [0, 0.1) is 0 Å². The van der Waals surface area contributed by atoms with Gasteiger partial charge in [0.1, 0.15) is 0 Å². The highest BCUT2D eigenvalue weighted by atomic mass is 15.2. The Balaban J connectivity index is 1.96. The van der Waals surface area contributed by atoms with Crippen molar-refractivity contribution in [2.45, 2.75) is 18.9 Å². The van der Waals surface area contributed by atoms with Crippen LogP contribution in [-0.2, 0) is 0 Å². The van der Waals surface area contributed by atoms with Gasteiger partial charge < -0.3 is 15.6 Å². The van der Waals surface area contributed by atoms with E-state index in [4.69, 9.17) is 5.73 Å². The highest BCUT2D eigenvalue weighted by Crippen LogP contribution is 2.32. The van der Waals surface area contributed by atoms with Crippen LogP contribution in [0.4, 0.5) is 5.69 Å². The molecule has 0 spiro atoms. The number of piperidine rings is 1. The quantitative estimate of drug-likeness (QED) is 0.708. The lowest BCUT2D eigenvalue weighted by molar-refractivity contribution is 0.507. The molecular weight excluding hydrogens is 250 g/mol. The SMILES string of the molecule is NC1CCCN(c2cc[nH]c3cnc4nccc4c23)C1. The molecule has 0 amide bonds. The maximum atomic E-state index is 6.13. The summed E-state index contributed by atoms with van der Waals surface area (Å²) in [5.41, 5.74) is 9.20. The van der Waals surface area contributed by atoms with Crippen molar-refractivity contribution in [3.63, 3.8) is 0 Å². The van der Waals surface area contributed by atoms with E-state index in [1.165, 1.54) is 11.1 Å². The summed E-state index contributed by atoms with van der Waals surface area (Å²) in [7, 11) is 0. The maximum Gasteiger partial charge on any atom is 0.159 e. The Bertz CT molecular complexity index is 763. The molecule has 1 unspecified atom stereocenters. The van der Waals surface area contributed by atoms with Crippen molar-refractivity contribution >= 4 is 27.6 Å². The van der Waals surface area contributed by atoms with Gasteiger partial charge in [0.15, 0.2) is 5.65 Å². The number of aromatic amines is 1. The van der Waals surface area contributed by atoms with Crippen LogP contribution in [0.15, 0.2) is 30.7 Å². The van der Waals surface area contributed by atoms with Crippen LogP contribution in [0.3, 0.4) is 0 Å². The second kappa shape index (κ2) is 4.45. The molecule has 0 bridgehead atoms. The lowest BCUT2D eigenvalue weighted by atomic mass is 10.0. The third-order valence-electron chi connectivity index (χ3n) is 4.07. The molecule has 1 aliphatic rings. The van der Waals surface area contributed by atoms with Gasteiger partial charge >= 0.3 is 0 Å². The molecular formula is C15H17N5. The van der Waals surface area contributed by atoms with Crippen molar-refractivity contribution in [3.05, 3.63) is 30.7 Å². The van der Waals surface area contributed by atoms with Crippen LogP contribution in [0.2, 0.25) is 0 Å². The molecule has 0 aliphatic carbocycles. The van der Waals surface area contributed by atoms with Crippen molar-refractivity contribution in [2.75, 3.05) is 18.0 Å². The van der Waals surface area contributed by atoms with Crippen molar-refractivity contribution in [1.82, 2.24) is 15.0 Å². The molecule has 3 aromatic heterocycles. The highest BCUT2D eigenvalue weighted by Gasteiger charge is 2.19. The zero-order valence-electron chi connectivity index (χ0n) is 11.2. The second-order valence-electron chi connectivity index (χ2n) is 5.44. The van der Waals surface area contributed by atoms with Crippen LogP contribution >= 0.6 is 0 Å². The monoisotopic (exact) mass is 267 g/mol. The van der Waals surface area contributed by atoms with Gasteiger partial charge in [0.05, 0.1) is 11.7 Å². The first-order valence-electron chi connectivity index (χ1n) is 7.04. The number of H-pyrrole nitrogens is 1. The van der Waals surface area contributed by atoms with Crippen LogP contribution in [0.25, 0.3) is 21.9 Å². The van der Waals surface area contributed by atoms with E-state index in [0.29, 0.717) is 0 Å². The summed E-state index contributed by atoms with van der Waals surface area (Å²) in [6.07, 6.45) is 7.91. The van der Waals surface area contributed by atoms with Crippen molar-refractivity contribution in [1.29, 1.82) is 0 Å². The summed E-state index contributed by atoms with van der Waals surface area (Å²) in [6, 6.07) is 4.43. The maximum absolute atomic E-state index is 6.13. The third-order valence-corrected chi connectivity index (χ3v) is 4.07. The fourth-order valence-corrected chi connectivity index (χ4v) is 3.13. The van der Waals surface area contributed by atoms with Crippen LogP contribution < -0.4 is 10.6 Å². The molecule has 0 radical (unpaired) electrons. The molecule has 0 saturated carbocycles. The van der Waals surface area contributed by atoms with Gasteiger partial charge in [0.25, 0.3) is 0 Å². The molecule has 5 heteroatoms. The molecule has 1 fully saturated rings. The fourth-order valence-electron chi connectivity index (χ4n) is 3.13. The number of nitrogens with one attached hydrogen (secondary N) is 1. The molecule has 3 aromatic rings. The van der Waals surface area contributed by atoms with Crippen LogP contribution in [0.5, 0.6) is 0 Å². The second-order valence-corrected chi connectivity index (χ2v) is 5.44. The average molecular weight is 267 g/mol. The van der Waals surface area contributed by atoms with Gasteiger partial charge in [-0.2, -0.15) is 0 Å². The standard InChI is InChI=1S/C15H17N5/c16-10-2-1-7-20(9-10)13-4-6-17-12-8-19-15-11(14(12)13)3-5-18-15/h3-6,8,10,17H,1-2,7,9,16H2. The topological polar surface area (TPSA) is 70.8 Å². The molecule has 4 rings (SSSR count). The number of fused-ring (bicyclic) bond motifs is 3. The summed E-state index contributed by atoms with van der Waals surface area (Å²) >= 11 is 0. The molecule has 102 valence electrons.